The number of hydrogen-bond donors (Lipinski definition) is 1. The molecule has 0 saturated carbocycles. The molecule has 9 heteroatoms. The van der Waals surface area contributed by atoms with Crippen LogP contribution in [0.4, 0.5) is 5.69 Å². The molecule has 0 bridgehead atoms. The van der Waals surface area contributed by atoms with E-state index in [1.54, 1.807) is 42.3 Å². The Bertz CT molecular complexity index is 1100. The molecule has 2 aliphatic heterocycles. The maximum absolute atomic E-state index is 12.8. The van der Waals surface area contributed by atoms with Gasteiger partial charge in [-0.25, -0.2) is 0 Å². The zero-order valence-corrected chi connectivity index (χ0v) is 20.6. The van der Waals surface area contributed by atoms with Crippen LogP contribution in [0.5, 0.6) is 0 Å². The van der Waals surface area contributed by atoms with E-state index in [0.29, 0.717) is 22.8 Å². The van der Waals surface area contributed by atoms with Crippen molar-refractivity contribution in [2.45, 2.75) is 37.5 Å². The van der Waals surface area contributed by atoms with Crippen molar-refractivity contribution in [2.24, 2.45) is 4.99 Å². The van der Waals surface area contributed by atoms with Gasteiger partial charge in [-0.2, -0.15) is 4.99 Å². The van der Waals surface area contributed by atoms with E-state index in [-0.39, 0.29) is 24.1 Å². The van der Waals surface area contributed by atoms with Crippen LogP contribution in [0.2, 0.25) is 5.02 Å². The molecule has 0 radical (unpaired) electrons. The number of amides is 3. The average molecular weight is 499 g/mol. The highest BCUT2D eigenvalue weighted by Gasteiger charge is 2.33. The van der Waals surface area contributed by atoms with Crippen molar-refractivity contribution in [3.8, 4) is 0 Å². The predicted molar refractivity (Wildman–Crippen MR) is 136 cm³/mol. The Hall–Kier alpha value is -2.84. The smallest absolute Gasteiger partial charge is 0.262 e. The van der Waals surface area contributed by atoms with Crippen molar-refractivity contribution in [3.05, 3.63) is 64.7 Å². The quantitative estimate of drug-likeness (QED) is 0.637. The molecule has 1 atom stereocenters. The van der Waals surface area contributed by atoms with E-state index in [1.165, 1.54) is 18.2 Å². The number of carbonyl (C=O) groups is 3. The molecule has 1 saturated heterocycles. The van der Waals surface area contributed by atoms with Gasteiger partial charge in [-0.1, -0.05) is 41.6 Å². The highest BCUT2D eigenvalue weighted by atomic mass is 35.5. The number of piperidine rings is 1. The summed E-state index contributed by atoms with van der Waals surface area (Å²) in [5.41, 5.74) is 1.95. The summed E-state index contributed by atoms with van der Waals surface area (Å²) in [7, 11) is 1.72. The standard InChI is InChI=1S/C25H27ClN4O3S/c1-29(16-18-7-3-4-8-20(18)26)24(33)17-9-11-19(12-10-17)27-22(31)15-21-23(32)28-25(34-21)30-13-5-2-6-14-30/h3-4,7-12,21H,2,5-6,13-16H2,1H3,(H,27,31). The minimum Gasteiger partial charge on any atom is -0.351 e. The first kappa shape index (κ1) is 24.3. The Balaban J connectivity index is 1.28. The van der Waals surface area contributed by atoms with Gasteiger partial charge in [0.2, 0.25) is 5.91 Å². The molecule has 178 valence electrons. The number of nitrogens with one attached hydrogen (secondary N) is 1. The zero-order valence-electron chi connectivity index (χ0n) is 19.0. The minimum atomic E-state index is -0.490. The van der Waals surface area contributed by atoms with Crippen molar-refractivity contribution >= 4 is 51.9 Å². The van der Waals surface area contributed by atoms with E-state index in [2.05, 4.69) is 15.2 Å². The normalized spacial score (nSPS) is 17.9. The molecular weight excluding hydrogens is 472 g/mol. The third kappa shape index (κ3) is 5.98. The number of anilines is 1. The Morgan fingerprint density at radius 3 is 2.53 bits per heavy atom. The Morgan fingerprint density at radius 2 is 1.82 bits per heavy atom. The lowest BCUT2D eigenvalue weighted by molar-refractivity contribution is -0.121. The van der Waals surface area contributed by atoms with Gasteiger partial charge in [-0.05, 0) is 55.2 Å². The van der Waals surface area contributed by atoms with Crippen LogP contribution in [0, 0.1) is 0 Å². The van der Waals surface area contributed by atoms with Crippen LogP contribution in [-0.4, -0.2) is 58.1 Å². The van der Waals surface area contributed by atoms with Gasteiger partial charge in [0.25, 0.3) is 11.8 Å². The maximum atomic E-state index is 12.8. The number of carbonyl (C=O) groups excluding carboxylic acids is 3. The summed E-state index contributed by atoms with van der Waals surface area (Å²) in [6.07, 6.45) is 3.47. The van der Waals surface area contributed by atoms with Crippen LogP contribution < -0.4 is 5.32 Å². The lowest BCUT2D eigenvalue weighted by Crippen LogP contribution is -2.33. The molecule has 1 fully saturated rings. The van der Waals surface area contributed by atoms with Crippen LogP contribution in [0.1, 0.15) is 41.6 Å². The second-order valence-electron chi connectivity index (χ2n) is 8.47. The van der Waals surface area contributed by atoms with Crippen LogP contribution in [0.3, 0.4) is 0 Å². The third-order valence-electron chi connectivity index (χ3n) is 5.85. The Labute approximate surface area is 208 Å². The summed E-state index contributed by atoms with van der Waals surface area (Å²) in [5.74, 6) is -0.646. The number of likely N-dealkylation sites (tertiary alicyclic amines) is 1. The summed E-state index contributed by atoms with van der Waals surface area (Å²) in [5, 5.41) is 3.69. The van der Waals surface area contributed by atoms with Crippen LogP contribution >= 0.6 is 23.4 Å². The van der Waals surface area contributed by atoms with Crippen molar-refractivity contribution in [1.82, 2.24) is 9.80 Å². The Morgan fingerprint density at radius 1 is 1.12 bits per heavy atom. The van der Waals surface area contributed by atoms with Crippen LogP contribution in [0.15, 0.2) is 53.5 Å². The second kappa shape index (κ2) is 11.1. The number of aliphatic imine (C=N–C) groups is 1. The predicted octanol–water partition coefficient (Wildman–Crippen LogP) is 4.42. The number of nitrogens with zero attached hydrogens (tertiary/aromatic N) is 3. The van der Waals surface area contributed by atoms with Gasteiger partial charge in [0.05, 0.1) is 0 Å². The van der Waals surface area contributed by atoms with Gasteiger partial charge in [-0.3, -0.25) is 14.4 Å². The second-order valence-corrected chi connectivity index (χ2v) is 10.0. The largest absolute Gasteiger partial charge is 0.351 e. The van der Waals surface area contributed by atoms with Crippen molar-refractivity contribution in [2.75, 3.05) is 25.5 Å². The molecule has 3 amide bonds. The van der Waals surface area contributed by atoms with Crippen molar-refractivity contribution < 1.29 is 14.4 Å². The fourth-order valence-electron chi connectivity index (χ4n) is 3.98. The number of benzene rings is 2. The van der Waals surface area contributed by atoms with Gasteiger partial charge in [-0.15, -0.1) is 0 Å². The molecule has 0 aromatic heterocycles. The van der Waals surface area contributed by atoms with Gasteiger partial charge in [0.15, 0.2) is 5.17 Å². The first-order chi connectivity index (χ1) is 16.4. The molecule has 1 unspecified atom stereocenters. The van der Waals surface area contributed by atoms with Crippen molar-refractivity contribution in [1.29, 1.82) is 0 Å². The monoisotopic (exact) mass is 498 g/mol. The summed E-state index contributed by atoms with van der Waals surface area (Å²) >= 11 is 7.58. The number of halogens is 1. The van der Waals surface area contributed by atoms with Gasteiger partial charge < -0.3 is 15.1 Å². The summed E-state index contributed by atoms with van der Waals surface area (Å²) in [4.78, 5) is 45.5. The topological polar surface area (TPSA) is 82.1 Å². The summed E-state index contributed by atoms with van der Waals surface area (Å²) < 4.78 is 0. The fraction of sp³-hybridized carbons (Fsp3) is 0.360. The van der Waals surface area contributed by atoms with Crippen LogP contribution in [-0.2, 0) is 16.1 Å². The molecule has 0 spiro atoms. The number of rotatable bonds is 6. The molecule has 34 heavy (non-hydrogen) atoms. The van der Waals surface area contributed by atoms with Gasteiger partial charge in [0.1, 0.15) is 5.25 Å². The zero-order chi connectivity index (χ0) is 24.1. The SMILES string of the molecule is CN(Cc1ccccc1Cl)C(=O)c1ccc(NC(=O)CC2SC(N3CCCCC3)=NC2=O)cc1. The van der Waals surface area contributed by atoms with Gasteiger partial charge in [0, 0.05) is 49.4 Å². The highest BCUT2D eigenvalue weighted by molar-refractivity contribution is 8.15. The van der Waals surface area contributed by atoms with E-state index in [9.17, 15) is 14.4 Å². The molecule has 1 N–H and O–H groups in total. The molecule has 0 aliphatic carbocycles. The summed E-state index contributed by atoms with van der Waals surface area (Å²) in [6.45, 7) is 2.22. The third-order valence-corrected chi connectivity index (χ3v) is 7.44. The van der Waals surface area contributed by atoms with Crippen LogP contribution in [0.25, 0.3) is 0 Å². The molecule has 2 heterocycles. The van der Waals surface area contributed by atoms with E-state index in [0.717, 1.165) is 36.7 Å². The molecular formula is C25H27ClN4O3S. The lowest BCUT2D eigenvalue weighted by atomic mass is 10.1. The molecule has 2 aliphatic rings. The molecule has 4 rings (SSSR count). The first-order valence-electron chi connectivity index (χ1n) is 11.3. The molecule has 2 aromatic carbocycles. The number of hydrogen-bond acceptors (Lipinski definition) is 5. The van der Waals surface area contributed by atoms with Crippen molar-refractivity contribution in [3.63, 3.8) is 0 Å². The van der Waals surface area contributed by atoms with Gasteiger partial charge >= 0.3 is 0 Å². The Kier molecular flexibility index (Phi) is 7.90. The van der Waals surface area contributed by atoms with E-state index in [4.69, 9.17) is 11.6 Å². The summed E-state index contributed by atoms with van der Waals surface area (Å²) in [6, 6.07) is 14.1. The fourth-order valence-corrected chi connectivity index (χ4v) is 5.29. The molecule has 7 nitrogen and oxygen atoms in total. The first-order valence-corrected chi connectivity index (χ1v) is 12.6. The molecule has 2 aromatic rings. The number of thioether (sulfide) groups is 1. The number of amidine groups is 1. The van der Waals surface area contributed by atoms with E-state index < -0.39 is 5.25 Å². The van der Waals surface area contributed by atoms with E-state index >= 15 is 0 Å². The minimum absolute atomic E-state index is 0.0611. The maximum Gasteiger partial charge on any atom is 0.262 e. The van der Waals surface area contributed by atoms with E-state index in [1.807, 2.05) is 18.2 Å². The average Bonchev–Trinajstić information content (AvgIpc) is 3.21. The highest BCUT2D eigenvalue weighted by Crippen LogP contribution is 2.29. The lowest BCUT2D eigenvalue weighted by Gasteiger charge is -2.27.